The maximum atomic E-state index is 13.6. The standard InChI is InChI=1S/C23H27F2N7O2/c1-13-27-18-17(14-6-22(7-14)11-23(24,25)12-22)28-21(29-19(18)20(33)31(13)3)32-4-5-34-16(10-32)15-8-26-30(2)9-15/h8-9,14,16H,4-7,10-12H2,1-3H3. The van der Waals surface area contributed by atoms with E-state index in [2.05, 4.69) is 15.1 Å². The lowest BCUT2D eigenvalue weighted by atomic mass is 9.49. The lowest BCUT2D eigenvalue weighted by Crippen LogP contribution is -2.53. The van der Waals surface area contributed by atoms with Crippen LogP contribution in [0, 0.1) is 12.3 Å². The van der Waals surface area contributed by atoms with E-state index in [9.17, 15) is 13.6 Å². The van der Waals surface area contributed by atoms with Crippen molar-refractivity contribution in [3.05, 3.63) is 39.8 Å². The van der Waals surface area contributed by atoms with Crippen molar-refractivity contribution < 1.29 is 13.5 Å². The third-order valence-electron chi connectivity index (χ3n) is 7.62. The van der Waals surface area contributed by atoms with Crippen molar-refractivity contribution in [1.82, 2.24) is 29.3 Å². The largest absolute Gasteiger partial charge is 0.370 e. The molecule has 0 radical (unpaired) electrons. The average molecular weight is 472 g/mol. The molecule has 1 atom stereocenters. The van der Waals surface area contributed by atoms with E-state index in [0.29, 0.717) is 55.5 Å². The molecule has 0 bridgehead atoms. The lowest BCUT2D eigenvalue weighted by Gasteiger charge is -2.57. The summed E-state index contributed by atoms with van der Waals surface area (Å²) >= 11 is 0. The number of ether oxygens (including phenoxy) is 1. The smallest absolute Gasteiger partial charge is 0.279 e. The van der Waals surface area contributed by atoms with Gasteiger partial charge in [-0.3, -0.25) is 14.0 Å². The highest BCUT2D eigenvalue weighted by molar-refractivity contribution is 5.78. The van der Waals surface area contributed by atoms with Crippen LogP contribution < -0.4 is 10.5 Å². The quantitative estimate of drug-likeness (QED) is 0.580. The van der Waals surface area contributed by atoms with E-state index < -0.39 is 5.92 Å². The fraction of sp³-hybridized carbons (Fsp3) is 0.609. The minimum absolute atomic E-state index is 0.00508. The Balaban J connectivity index is 1.38. The number of nitrogens with zero attached hydrogens (tertiary/aromatic N) is 7. The number of halogens is 2. The summed E-state index contributed by atoms with van der Waals surface area (Å²) in [5.41, 5.74) is 1.91. The van der Waals surface area contributed by atoms with Gasteiger partial charge in [-0.1, -0.05) is 0 Å². The minimum atomic E-state index is -2.55. The van der Waals surface area contributed by atoms with Crippen molar-refractivity contribution in [3.63, 3.8) is 0 Å². The van der Waals surface area contributed by atoms with Gasteiger partial charge in [-0.05, 0) is 25.2 Å². The maximum absolute atomic E-state index is 13.6. The molecule has 34 heavy (non-hydrogen) atoms. The zero-order valence-corrected chi connectivity index (χ0v) is 19.5. The van der Waals surface area contributed by atoms with E-state index in [4.69, 9.17) is 9.72 Å². The van der Waals surface area contributed by atoms with Crippen LogP contribution in [0.25, 0.3) is 11.0 Å². The van der Waals surface area contributed by atoms with Crippen LogP contribution in [0.4, 0.5) is 14.7 Å². The highest BCUT2D eigenvalue weighted by atomic mass is 19.3. The molecule has 1 unspecified atom stereocenters. The van der Waals surface area contributed by atoms with Crippen LogP contribution in [0.2, 0.25) is 0 Å². The van der Waals surface area contributed by atoms with Gasteiger partial charge < -0.3 is 9.64 Å². The molecule has 1 aliphatic heterocycles. The Labute approximate surface area is 194 Å². The topological polar surface area (TPSA) is 91.0 Å². The summed E-state index contributed by atoms with van der Waals surface area (Å²) in [4.78, 5) is 29.3. The highest BCUT2D eigenvalue weighted by Crippen LogP contribution is 2.67. The van der Waals surface area contributed by atoms with Gasteiger partial charge in [-0.25, -0.2) is 23.7 Å². The van der Waals surface area contributed by atoms with E-state index >= 15 is 0 Å². The summed E-state index contributed by atoms with van der Waals surface area (Å²) in [5, 5.41) is 4.23. The predicted molar refractivity (Wildman–Crippen MR) is 120 cm³/mol. The van der Waals surface area contributed by atoms with Crippen LogP contribution >= 0.6 is 0 Å². The molecule has 2 aliphatic carbocycles. The number of aromatic nitrogens is 6. The molecule has 2 saturated carbocycles. The second kappa shape index (κ2) is 7.27. The SMILES string of the molecule is Cc1nc2c(C3CC4(C3)CC(F)(F)C4)nc(N3CCOC(c4cnn(C)c4)C3)nc2c(=O)n1C. The van der Waals surface area contributed by atoms with Gasteiger partial charge in [0.25, 0.3) is 5.56 Å². The van der Waals surface area contributed by atoms with E-state index in [0.717, 1.165) is 5.56 Å². The number of hydrogen-bond acceptors (Lipinski definition) is 7. The second-order valence-electron chi connectivity index (χ2n) is 10.2. The van der Waals surface area contributed by atoms with Crippen molar-refractivity contribution >= 4 is 17.0 Å². The van der Waals surface area contributed by atoms with Gasteiger partial charge in [0.2, 0.25) is 11.9 Å². The average Bonchev–Trinajstić information content (AvgIpc) is 3.20. The summed E-state index contributed by atoms with van der Waals surface area (Å²) in [6.45, 7) is 3.37. The van der Waals surface area contributed by atoms with Gasteiger partial charge >= 0.3 is 0 Å². The Bertz CT molecular complexity index is 1340. The molecule has 0 aromatic carbocycles. The molecule has 0 N–H and O–H groups in total. The number of morpholine rings is 1. The van der Waals surface area contributed by atoms with Crippen molar-refractivity contribution in [2.24, 2.45) is 19.5 Å². The zero-order chi connectivity index (χ0) is 23.8. The number of alkyl halides is 2. The molecule has 3 aromatic heterocycles. The second-order valence-corrected chi connectivity index (χ2v) is 10.2. The molecule has 180 valence electrons. The van der Waals surface area contributed by atoms with E-state index in [1.807, 2.05) is 18.1 Å². The Morgan fingerprint density at radius 3 is 2.56 bits per heavy atom. The zero-order valence-electron chi connectivity index (χ0n) is 19.5. The first kappa shape index (κ1) is 21.6. The van der Waals surface area contributed by atoms with Crippen molar-refractivity contribution in [1.29, 1.82) is 0 Å². The van der Waals surface area contributed by atoms with Gasteiger partial charge in [0.1, 0.15) is 17.4 Å². The van der Waals surface area contributed by atoms with Gasteiger partial charge in [0, 0.05) is 51.2 Å². The normalized spacial score (nSPS) is 23.8. The van der Waals surface area contributed by atoms with Crippen LogP contribution in [0.15, 0.2) is 17.2 Å². The Kier molecular flexibility index (Phi) is 4.61. The minimum Gasteiger partial charge on any atom is -0.370 e. The molecule has 4 heterocycles. The van der Waals surface area contributed by atoms with Gasteiger partial charge in [-0.2, -0.15) is 5.10 Å². The number of aryl methyl sites for hydroxylation is 2. The predicted octanol–water partition coefficient (Wildman–Crippen LogP) is 2.64. The molecule has 1 saturated heterocycles. The molecular weight excluding hydrogens is 444 g/mol. The van der Waals surface area contributed by atoms with E-state index in [1.54, 1.807) is 24.9 Å². The third kappa shape index (κ3) is 3.40. The van der Waals surface area contributed by atoms with Crippen LogP contribution in [-0.2, 0) is 18.8 Å². The molecule has 6 rings (SSSR count). The van der Waals surface area contributed by atoms with E-state index in [1.165, 1.54) is 4.57 Å². The molecule has 3 aliphatic rings. The summed E-state index contributed by atoms with van der Waals surface area (Å²) in [7, 11) is 3.53. The summed E-state index contributed by atoms with van der Waals surface area (Å²) in [6, 6.07) is 0. The third-order valence-corrected chi connectivity index (χ3v) is 7.62. The monoisotopic (exact) mass is 471 g/mol. The summed E-state index contributed by atoms with van der Waals surface area (Å²) < 4.78 is 36.3. The van der Waals surface area contributed by atoms with Gasteiger partial charge in [0.05, 0.1) is 25.0 Å². The first-order valence-corrected chi connectivity index (χ1v) is 11.6. The van der Waals surface area contributed by atoms with Crippen LogP contribution in [-0.4, -0.2) is 54.9 Å². The van der Waals surface area contributed by atoms with Crippen molar-refractivity contribution in [2.45, 2.75) is 50.6 Å². The maximum Gasteiger partial charge on any atom is 0.279 e. The molecular formula is C23H27F2N7O2. The Hall–Kier alpha value is -2.95. The summed E-state index contributed by atoms with van der Waals surface area (Å²) in [5.74, 6) is -1.52. The van der Waals surface area contributed by atoms with Crippen molar-refractivity contribution in [2.75, 3.05) is 24.6 Å². The highest BCUT2D eigenvalue weighted by Gasteiger charge is 2.62. The fourth-order valence-corrected chi connectivity index (χ4v) is 5.84. The molecule has 9 nitrogen and oxygen atoms in total. The molecule has 0 amide bonds. The molecule has 3 aromatic rings. The number of hydrogen-bond donors (Lipinski definition) is 0. The number of anilines is 1. The van der Waals surface area contributed by atoms with Crippen molar-refractivity contribution in [3.8, 4) is 0 Å². The number of rotatable bonds is 3. The number of fused-ring (bicyclic) bond motifs is 1. The van der Waals surface area contributed by atoms with E-state index in [-0.39, 0.29) is 41.4 Å². The molecule has 1 spiro atoms. The van der Waals surface area contributed by atoms with Crippen LogP contribution in [0.1, 0.15) is 54.8 Å². The Morgan fingerprint density at radius 2 is 1.88 bits per heavy atom. The molecule has 3 fully saturated rings. The first-order chi connectivity index (χ1) is 16.1. The summed E-state index contributed by atoms with van der Waals surface area (Å²) in [6.07, 6.45) is 4.69. The Morgan fingerprint density at radius 1 is 1.12 bits per heavy atom. The van der Waals surface area contributed by atoms with Gasteiger partial charge in [-0.15, -0.1) is 0 Å². The fourth-order valence-electron chi connectivity index (χ4n) is 5.84. The van der Waals surface area contributed by atoms with Crippen LogP contribution in [0.3, 0.4) is 0 Å². The first-order valence-electron chi connectivity index (χ1n) is 11.6. The van der Waals surface area contributed by atoms with Gasteiger partial charge in [0.15, 0.2) is 5.52 Å². The molecule has 11 heteroatoms. The lowest BCUT2D eigenvalue weighted by molar-refractivity contribution is -0.196. The van der Waals surface area contributed by atoms with Crippen LogP contribution in [0.5, 0.6) is 0 Å².